The molecular weight excluding hydrogens is 304 g/mol. The number of nitrogens with zero attached hydrogens (tertiary/aromatic N) is 1. The molecule has 2 aromatic rings. The second-order valence-corrected chi connectivity index (χ2v) is 6.83. The van der Waals surface area contributed by atoms with Gasteiger partial charge in [-0.05, 0) is 55.6 Å². The molecule has 0 atom stereocenters. The third-order valence-electron chi connectivity index (χ3n) is 4.66. The van der Waals surface area contributed by atoms with Gasteiger partial charge in [-0.15, -0.1) is 0 Å². The first kappa shape index (κ1) is 16.5. The summed E-state index contributed by atoms with van der Waals surface area (Å²) in [6, 6.07) is 18.9. The fraction of sp³-hybridized carbons (Fsp3) is 0.400. The highest BCUT2D eigenvalue weighted by molar-refractivity contribution is 6.31. The fourth-order valence-electron chi connectivity index (χ4n) is 3.24. The van der Waals surface area contributed by atoms with E-state index in [0.717, 1.165) is 30.6 Å². The molecule has 0 saturated carbocycles. The van der Waals surface area contributed by atoms with Crippen molar-refractivity contribution in [3.8, 4) is 0 Å². The molecular formula is C20H25ClN2. The van der Waals surface area contributed by atoms with Crippen LogP contribution in [0, 0.1) is 5.92 Å². The maximum Gasteiger partial charge on any atom is 0.0450 e. The first-order valence-corrected chi connectivity index (χ1v) is 8.89. The molecule has 1 fully saturated rings. The largest absolute Gasteiger partial charge is 0.312 e. The predicted molar refractivity (Wildman–Crippen MR) is 97.6 cm³/mol. The molecule has 0 bridgehead atoms. The van der Waals surface area contributed by atoms with Gasteiger partial charge in [0.1, 0.15) is 0 Å². The molecule has 0 amide bonds. The van der Waals surface area contributed by atoms with E-state index in [9.17, 15) is 0 Å². The molecule has 23 heavy (non-hydrogen) atoms. The number of hydrogen-bond donors (Lipinski definition) is 1. The van der Waals surface area contributed by atoms with Crippen LogP contribution in [0.5, 0.6) is 0 Å². The number of halogens is 1. The Bertz CT molecular complexity index is 592. The lowest BCUT2D eigenvalue weighted by atomic mass is 9.96. The van der Waals surface area contributed by atoms with E-state index in [2.05, 4.69) is 46.6 Å². The van der Waals surface area contributed by atoms with E-state index in [4.69, 9.17) is 11.6 Å². The minimum atomic E-state index is 0.782. The maximum absolute atomic E-state index is 6.20. The van der Waals surface area contributed by atoms with Crippen molar-refractivity contribution >= 4 is 11.6 Å². The molecule has 2 aromatic carbocycles. The number of nitrogens with one attached hydrogen (secondary N) is 1. The van der Waals surface area contributed by atoms with Gasteiger partial charge in [-0.2, -0.15) is 0 Å². The molecule has 1 N–H and O–H groups in total. The molecule has 0 aromatic heterocycles. The summed E-state index contributed by atoms with van der Waals surface area (Å²) in [6.45, 7) is 5.44. The van der Waals surface area contributed by atoms with Crippen LogP contribution in [0.3, 0.4) is 0 Å². The molecule has 3 heteroatoms. The van der Waals surface area contributed by atoms with Crippen molar-refractivity contribution in [3.05, 3.63) is 70.7 Å². The zero-order valence-corrected chi connectivity index (χ0v) is 14.3. The van der Waals surface area contributed by atoms with Crippen LogP contribution in [0.2, 0.25) is 5.02 Å². The zero-order valence-electron chi connectivity index (χ0n) is 13.5. The van der Waals surface area contributed by atoms with Gasteiger partial charge < -0.3 is 5.32 Å². The zero-order chi connectivity index (χ0) is 15.9. The van der Waals surface area contributed by atoms with Crippen LogP contribution in [-0.2, 0) is 13.1 Å². The minimum absolute atomic E-state index is 0.782. The Morgan fingerprint density at radius 1 is 0.957 bits per heavy atom. The van der Waals surface area contributed by atoms with Gasteiger partial charge in [-0.25, -0.2) is 0 Å². The third kappa shape index (κ3) is 5.07. The number of hydrogen-bond acceptors (Lipinski definition) is 2. The second kappa shape index (κ2) is 8.49. The Balaban J connectivity index is 1.37. The summed E-state index contributed by atoms with van der Waals surface area (Å²) in [7, 11) is 0. The smallest absolute Gasteiger partial charge is 0.0450 e. The molecule has 3 rings (SSSR count). The molecule has 122 valence electrons. The molecule has 0 spiro atoms. The summed E-state index contributed by atoms with van der Waals surface area (Å²) >= 11 is 6.20. The van der Waals surface area contributed by atoms with Crippen molar-refractivity contribution in [2.45, 2.75) is 25.9 Å². The van der Waals surface area contributed by atoms with Crippen LogP contribution in [0.25, 0.3) is 0 Å². The lowest BCUT2D eigenvalue weighted by Crippen LogP contribution is -2.36. The molecule has 1 heterocycles. The Morgan fingerprint density at radius 2 is 1.65 bits per heavy atom. The standard InChI is InChI=1S/C20H25ClN2/c21-20-9-5-4-8-19(20)15-22-14-17-10-12-23(13-11-17)16-18-6-2-1-3-7-18/h1-9,17,22H,10-16H2. The van der Waals surface area contributed by atoms with E-state index in [1.807, 2.05) is 18.2 Å². The van der Waals surface area contributed by atoms with Crippen LogP contribution in [0.1, 0.15) is 24.0 Å². The van der Waals surface area contributed by atoms with Crippen LogP contribution in [-0.4, -0.2) is 24.5 Å². The van der Waals surface area contributed by atoms with Crippen molar-refractivity contribution in [2.24, 2.45) is 5.92 Å². The van der Waals surface area contributed by atoms with Crippen molar-refractivity contribution in [1.82, 2.24) is 10.2 Å². The second-order valence-electron chi connectivity index (χ2n) is 6.43. The highest BCUT2D eigenvalue weighted by Crippen LogP contribution is 2.19. The first-order valence-electron chi connectivity index (χ1n) is 8.51. The molecule has 1 aliphatic rings. The summed E-state index contributed by atoms with van der Waals surface area (Å²) < 4.78 is 0. The van der Waals surface area contributed by atoms with Gasteiger partial charge in [0.2, 0.25) is 0 Å². The lowest BCUT2D eigenvalue weighted by Gasteiger charge is -2.32. The van der Waals surface area contributed by atoms with E-state index in [1.54, 1.807) is 0 Å². The van der Waals surface area contributed by atoms with Gasteiger partial charge >= 0.3 is 0 Å². The van der Waals surface area contributed by atoms with Crippen LogP contribution in [0.15, 0.2) is 54.6 Å². The summed E-state index contributed by atoms with van der Waals surface area (Å²) in [4.78, 5) is 2.57. The van der Waals surface area contributed by atoms with Crippen LogP contribution in [0.4, 0.5) is 0 Å². The van der Waals surface area contributed by atoms with Gasteiger partial charge in [0, 0.05) is 18.1 Å². The van der Waals surface area contributed by atoms with Crippen molar-refractivity contribution in [1.29, 1.82) is 0 Å². The van der Waals surface area contributed by atoms with Crippen LogP contribution < -0.4 is 5.32 Å². The Hall–Kier alpha value is -1.35. The van der Waals surface area contributed by atoms with Crippen molar-refractivity contribution in [2.75, 3.05) is 19.6 Å². The monoisotopic (exact) mass is 328 g/mol. The van der Waals surface area contributed by atoms with Crippen molar-refractivity contribution in [3.63, 3.8) is 0 Å². The average molecular weight is 329 g/mol. The molecule has 0 unspecified atom stereocenters. The normalized spacial score (nSPS) is 16.6. The first-order chi connectivity index (χ1) is 11.3. The van der Waals surface area contributed by atoms with E-state index >= 15 is 0 Å². The maximum atomic E-state index is 6.20. The van der Waals surface area contributed by atoms with Gasteiger partial charge in [-0.3, -0.25) is 4.90 Å². The lowest BCUT2D eigenvalue weighted by molar-refractivity contribution is 0.175. The van der Waals surface area contributed by atoms with Gasteiger partial charge in [0.15, 0.2) is 0 Å². The topological polar surface area (TPSA) is 15.3 Å². The van der Waals surface area contributed by atoms with E-state index in [-0.39, 0.29) is 0 Å². The Labute approximate surface area is 144 Å². The molecule has 1 aliphatic heterocycles. The Morgan fingerprint density at radius 3 is 2.39 bits per heavy atom. The Kier molecular flexibility index (Phi) is 6.09. The minimum Gasteiger partial charge on any atom is -0.312 e. The van der Waals surface area contributed by atoms with Gasteiger partial charge in [0.05, 0.1) is 0 Å². The quantitative estimate of drug-likeness (QED) is 0.848. The van der Waals surface area contributed by atoms with Crippen molar-refractivity contribution < 1.29 is 0 Å². The third-order valence-corrected chi connectivity index (χ3v) is 5.03. The summed E-state index contributed by atoms with van der Waals surface area (Å²) in [6.07, 6.45) is 2.56. The van der Waals surface area contributed by atoms with E-state index in [1.165, 1.54) is 37.1 Å². The summed E-state index contributed by atoms with van der Waals surface area (Å²) in [5.41, 5.74) is 2.61. The highest BCUT2D eigenvalue weighted by atomic mass is 35.5. The predicted octanol–water partition coefficient (Wildman–Crippen LogP) is 4.34. The van der Waals surface area contributed by atoms with E-state index < -0.39 is 0 Å². The molecule has 0 aliphatic carbocycles. The fourth-order valence-corrected chi connectivity index (χ4v) is 3.45. The SMILES string of the molecule is Clc1ccccc1CNCC1CCN(Cc2ccccc2)CC1. The van der Waals surface area contributed by atoms with Gasteiger partial charge in [0.25, 0.3) is 0 Å². The molecule has 0 radical (unpaired) electrons. The summed E-state index contributed by atoms with van der Waals surface area (Å²) in [5.74, 6) is 0.782. The number of benzene rings is 2. The number of piperidine rings is 1. The summed E-state index contributed by atoms with van der Waals surface area (Å²) in [5, 5.41) is 4.43. The number of likely N-dealkylation sites (tertiary alicyclic amines) is 1. The van der Waals surface area contributed by atoms with Gasteiger partial charge in [-0.1, -0.05) is 60.1 Å². The highest BCUT2D eigenvalue weighted by Gasteiger charge is 2.18. The molecule has 2 nitrogen and oxygen atoms in total. The molecule has 1 saturated heterocycles. The van der Waals surface area contributed by atoms with E-state index in [0.29, 0.717) is 0 Å². The van der Waals surface area contributed by atoms with Crippen LogP contribution >= 0.6 is 11.6 Å². The average Bonchev–Trinajstić information content (AvgIpc) is 2.59. The number of rotatable bonds is 6.